The molecule has 0 spiro atoms. The number of aromatic nitrogens is 1. The van der Waals surface area contributed by atoms with Crippen molar-refractivity contribution >= 4 is 22.9 Å². The van der Waals surface area contributed by atoms with Crippen molar-refractivity contribution in [3.8, 4) is 0 Å². The van der Waals surface area contributed by atoms with Gasteiger partial charge in [-0.05, 0) is 73.9 Å². The number of halogens is 2. The molecular weight excluding hydrogens is 422 g/mol. The number of carbonyl (C=O) groups excluding carboxylic acids is 1. The first-order valence-electron chi connectivity index (χ1n) is 11.5. The largest absolute Gasteiger partial charge is 0.466 e. The average Bonchev–Trinajstić information content (AvgIpc) is 3.09. The number of rotatable bonds is 4. The monoisotopic (exact) mass is 448 g/mol. The molecule has 4 nitrogen and oxygen atoms in total. The third kappa shape index (κ3) is 3.00. The second-order valence-electron chi connectivity index (χ2n) is 9.88. The van der Waals surface area contributed by atoms with E-state index in [1.54, 1.807) is 0 Å². The number of fused-ring (bicyclic) bond motifs is 3. The summed E-state index contributed by atoms with van der Waals surface area (Å²) in [5, 5.41) is 1.13. The van der Waals surface area contributed by atoms with E-state index in [-0.39, 0.29) is 22.7 Å². The Bertz CT molecular complexity index is 1270. The Morgan fingerprint density at radius 3 is 2.52 bits per heavy atom. The molecule has 1 N–H and O–H groups in total. The molecule has 2 bridgehead atoms. The number of aromatic amines is 1. The van der Waals surface area contributed by atoms with E-state index in [1.165, 1.54) is 31.4 Å². The molecule has 0 saturated heterocycles. The number of nitrogens with zero attached hydrogens (tertiary/aromatic N) is 1. The molecular formula is C27H26F2N2O2. The van der Waals surface area contributed by atoms with E-state index in [0.29, 0.717) is 0 Å². The van der Waals surface area contributed by atoms with Crippen LogP contribution in [0.3, 0.4) is 0 Å². The Morgan fingerprint density at radius 1 is 1.18 bits per heavy atom. The summed E-state index contributed by atoms with van der Waals surface area (Å²) in [7, 11) is 1.26. The first-order valence-corrected chi connectivity index (χ1v) is 11.5. The molecule has 1 aromatic heterocycles. The number of esters is 1. The van der Waals surface area contributed by atoms with Gasteiger partial charge in [0.25, 0.3) is 0 Å². The second kappa shape index (κ2) is 7.26. The summed E-state index contributed by atoms with van der Waals surface area (Å²) in [6.45, 7) is 2.18. The zero-order valence-corrected chi connectivity index (χ0v) is 18.7. The highest BCUT2D eigenvalue weighted by molar-refractivity contribution is 5.87. The van der Waals surface area contributed by atoms with Gasteiger partial charge in [0.15, 0.2) is 0 Å². The summed E-state index contributed by atoms with van der Waals surface area (Å²) < 4.78 is 35.9. The zero-order valence-electron chi connectivity index (χ0n) is 18.7. The van der Waals surface area contributed by atoms with Crippen molar-refractivity contribution in [1.29, 1.82) is 0 Å². The van der Waals surface area contributed by atoms with E-state index in [0.717, 1.165) is 53.8 Å². The van der Waals surface area contributed by atoms with Gasteiger partial charge < -0.3 is 9.72 Å². The Hall–Kier alpha value is -2.99. The van der Waals surface area contributed by atoms with E-state index in [9.17, 15) is 4.79 Å². The first-order chi connectivity index (χ1) is 15.9. The molecule has 3 aliphatic carbocycles. The molecule has 4 aliphatic rings. The van der Waals surface area contributed by atoms with Crippen LogP contribution in [0.5, 0.6) is 0 Å². The number of methoxy groups -OCH3 is 1. The molecule has 3 saturated carbocycles. The van der Waals surface area contributed by atoms with E-state index in [4.69, 9.17) is 0 Å². The minimum atomic E-state index is -0.597. The van der Waals surface area contributed by atoms with Gasteiger partial charge >= 0.3 is 5.97 Å². The van der Waals surface area contributed by atoms with Gasteiger partial charge in [-0.15, -0.1) is 0 Å². The Morgan fingerprint density at radius 2 is 1.88 bits per heavy atom. The summed E-state index contributed by atoms with van der Waals surface area (Å²) in [6.07, 6.45) is 6.70. The third-order valence-electron chi connectivity index (χ3n) is 7.91. The standard InChI is InChI=1S/C27H26F2N2O2/c1-15-9-19-18-5-3-4-6-22(18)30-25(19)26(31(15)27-12-17(13-27)14-27)24-20(28)10-16(11-21(24)29)7-8-23(32)33-2/h3-8,10-11,15,17,26,30H,9,12-14H2,1-2H3/b8-7+/t15-,17?,26-,27?/m0/s1. The summed E-state index contributed by atoms with van der Waals surface area (Å²) in [4.78, 5) is 17.3. The molecule has 2 aromatic carbocycles. The third-order valence-corrected chi connectivity index (χ3v) is 7.91. The van der Waals surface area contributed by atoms with Crippen LogP contribution in [0, 0.1) is 17.6 Å². The predicted molar refractivity (Wildman–Crippen MR) is 123 cm³/mol. The van der Waals surface area contributed by atoms with Crippen molar-refractivity contribution < 1.29 is 18.3 Å². The smallest absolute Gasteiger partial charge is 0.330 e. The highest BCUT2D eigenvalue weighted by Crippen LogP contribution is 2.64. The fraction of sp³-hybridized carbons (Fsp3) is 0.370. The van der Waals surface area contributed by atoms with Crippen LogP contribution in [-0.4, -0.2) is 34.5 Å². The molecule has 0 unspecified atom stereocenters. The number of hydrogen-bond donors (Lipinski definition) is 1. The summed E-state index contributed by atoms with van der Waals surface area (Å²) in [5.74, 6) is -1.01. The molecule has 2 atom stereocenters. The van der Waals surface area contributed by atoms with Gasteiger partial charge in [-0.25, -0.2) is 13.6 Å². The highest BCUT2D eigenvalue weighted by atomic mass is 19.1. The van der Waals surface area contributed by atoms with Gasteiger partial charge in [0.2, 0.25) is 0 Å². The lowest BCUT2D eigenvalue weighted by Gasteiger charge is -2.70. The number of benzene rings is 2. The predicted octanol–water partition coefficient (Wildman–Crippen LogP) is 5.52. The Balaban J connectivity index is 1.51. The number of ether oxygens (including phenoxy) is 1. The maximum Gasteiger partial charge on any atom is 0.330 e. The minimum absolute atomic E-state index is 0.0338. The molecule has 33 heavy (non-hydrogen) atoms. The Labute approximate surface area is 191 Å². The van der Waals surface area contributed by atoms with Crippen LogP contribution >= 0.6 is 0 Å². The SMILES string of the molecule is COC(=O)/C=C/c1cc(F)c([C@H]2c3[nH]c4ccccc4c3C[C@H](C)N2C23CC(C2)C3)c(F)c1. The number of hydrogen-bond acceptors (Lipinski definition) is 3. The molecule has 0 amide bonds. The van der Waals surface area contributed by atoms with Gasteiger partial charge in [0.05, 0.1) is 13.2 Å². The number of para-hydroxylation sites is 1. The van der Waals surface area contributed by atoms with Crippen molar-refractivity contribution in [3.05, 3.63) is 76.5 Å². The molecule has 0 radical (unpaired) electrons. The first kappa shape index (κ1) is 20.6. The molecule has 1 aliphatic heterocycles. The van der Waals surface area contributed by atoms with Crippen molar-refractivity contribution in [3.63, 3.8) is 0 Å². The van der Waals surface area contributed by atoms with E-state index < -0.39 is 23.6 Å². The van der Waals surface area contributed by atoms with E-state index in [1.807, 2.05) is 18.2 Å². The second-order valence-corrected chi connectivity index (χ2v) is 9.88. The normalized spacial score (nSPS) is 28.4. The quantitative estimate of drug-likeness (QED) is 0.422. The lowest BCUT2D eigenvalue weighted by Crippen LogP contribution is -2.71. The fourth-order valence-corrected chi connectivity index (χ4v) is 6.43. The fourth-order valence-electron chi connectivity index (χ4n) is 6.43. The lowest BCUT2D eigenvalue weighted by atomic mass is 9.48. The number of nitrogens with one attached hydrogen (secondary N) is 1. The molecule has 3 aromatic rings. The van der Waals surface area contributed by atoms with E-state index in [2.05, 4.69) is 27.6 Å². The topological polar surface area (TPSA) is 45.3 Å². The Kier molecular flexibility index (Phi) is 4.53. The van der Waals surface area contributed by atoms with Crippen LogP contribution in [0.25, 0.3) is 17.0 Å². The van der Waals surface area contributed by atoms with Crippen molar-refractivity contribution in [2.24, 2.45) is 5.92 Å². The molecule has 6 heteroatoms. The highest BCUT2D eigenvalue weighted by Gasteiger charge is 2.63. The summed E-state index contributed by atoms with van der Waals surface area (Å²) in [5.41, 5.74) is 3.45. The van der Waals surface area contributed by atoms with Gasteiger partial charge in [0.1, 0.15) is 11.6 Å². The van der Waals surface area contributed by atoms with Crippen molar-refractivity contribution in [2.45, 2.75) is 50.2 Å². The average molecular weight is 449 g/mol. The van der Waals surface area contributed by atoms with Crippen LogP contribution in [0.1, 0.15) is 54.6 Å². The van der Waals surface area contributed by atoms with Crippen molar-refractivity contribution in [2.75, 3.05) is 7.11 Å². The maximum atomic E-state index is 15.6. The van der Waals surface area contributed by atoms with Gasteiger partial charge in [0, 0.05) is 39.8 Å². The molecule has 170 valence electrons. The zero-order chi connectivity index (χ0) is 22.9. The number of carbonyl (C=O) groups is 1. The van der Waals surface area contributed by atoms with Crippen LogP contribution in [0.2, 0.25) is 0 Å². The van der Waals surface area contributed by atoms with E-state index >= 15 is 8.78 Å². The van der Waals surface area contributed by atoms with Gasteiger partial charge in [-0.1, -0.05) is 18.2 Å². The summed E-state index contributed by atoms with van der Waals surface area (Å²) >= 11 is 0. The van der Waals surface area contributed by atoms with Crippen LogP contribution in [0.4, 0.5) is 8.78 Å². The summed E-state index contributed by atoms with van der Waals surface area (Å²) in [6, 6.07) is 10.3. The van der Waals surface area contributed by atoms with Crippen LogP contribution in [0.15, 0.2) is 42.5 Å². The molecule has 3 fully saturated rings. The molecule has 2 heterocycles. The van der Waals surface area contributed by atoms with Crippen LogP contribution in [-0.2, 0) is 16.0 Å². The van der Waals surface area contributed by atoms with Crippen LogP contribution < -0.4 is 0 Å². The van der Waals surface area contributed by atoms with Gasteiger partial charge in [-0.3, -0.25) is 4.90 Å². The van der Waals surface area contributed by atoms with Crippen molar-refractivity contribution in [1.82, 2.24) is 9.88 Å². The lowest BCUT2D eigenvalue weighted by molar-refractivity contribution is -0.174. The van der Waals surface area contributed by atoms with Gasteiger partial charge in [-0.2, -0.15) is 0 Å². The number of H-pyrrole nitrogens is 1. The minimum Gasteiger partial charge on any atom is -0.466 e. The maximum absolute atomic E-state index is 15.6. The molecule has 7 rings (SSSR count).